The van der Waals surface area contributed by atoms with E-state index in [-0.39, 0.29) is 30.2 Å². The number of ether oxygens (including phenoxy) is 1. The number of Topliss-reactive ketones (excluding diaryl/α,β-unsaturated/α-hetero) is 1. The van der Waals surface area contributed by atoms with E-state index >= 15 is 0 Å². The van der Waals surface area contributed by atoms with Gasteiger partial charge in [0.2, 0.25) is 0 Å². The van der Waals surface area contributed by atoms with Gasteiger partial charge in [-0.1, -0.05) is 0 Å². The van der Waals surface area contributed by atoms with Crippen LogP contribution in [0, 0.1) is 0 Å². The zero-order chi connectivity index (χ0) is 15.3. The van der Waals surface area contributed by atoms with Crippen molar-refractivity contribution >= 4 is 11.9 Å². The smallest absolute Gasteiger partial charge is 0.408 e. The minimum Gasteiger partial charge on any atom is -0.508 e. The number of aliphatic hydroxyl groups excluding tert-OH is 1. The number of hydrogen-bond acceptors (Lipinski definition) is 5. The lowest BCUT2D eigenvalue weighted by molar-refractivity contribution is 0.0520. The molecule has 0 aliphatic carbocycles. The molecule has 0 saturated heterocycles. The van der Waals surface area contributed by atoms with E-state index < -0.39 is 11.7 Å². The quantitative estimate of drug-likeness (QED) is 0.728. The van der Waals surface area contributed by atoms with E-state index in [0.717, 1.165) is 0 Å². The average Bonchev–Trinajstić information content (AvgIpc) is 2.33. The molecule has 0 aromatic heterocycles. The van der Waals surface area contributed by atoms with Crippen LogP contribution in [0.2, 0.25) is 0 Å². The number of carbonyl (C=O) groups excluding carboxylic acids is 2. The number of nitrogens with one attached hydrogen (secondary N) is 1. The summed E-state index contributed by atoms with van der Waals surface area (Å²) in [6, 6.07) is 4.06. The van der Waals surface area contributed by atoms with Gasteiger partial charge in [-0.05, 0) is 44.5 Å². The predicted octanol–water partition coefficient (Wildman–Crippen LogP) is 1.59. The number of benzene rings is 1. The first-order chi connectivity index (χ1) is 9.23. The molecule has 20 heavy (non-hydrogen) atoms. The van der Waals surface area contributed by atoms with Gasteiger partial charge in [-0.2, -0.15) is 0 Å². The molecule has 0 aliphatic rings. The highest BCUT2D eigenvalue weighted by Gasteiger charge is 2.18. The Balaban J connectivity index is 2.66. The van der Waals surface area contributed by atoms with E-state index in [2.05, 4.69) is 5.32 Å². The van der Waals surface area contributed by atoms with E-state index in [4.69, 9.17) is 9.84 Å². The first-order valence-electron chi connectivity index (χ1n) is 6.16. The molecule has 0 aliphatic heterocycles. The van der Waals surface area contributed by atoms with Gasteiger partial charge in [0.05, 0.1) is 13.2 Å². The van der Waals surface area contributed by atoms with Crippen molar-refractivity contribution in [3.63, 3.8) is 0 Å². The van der Waals surface area contributed by atoms with Crippen LogP contribution in [0.4, 0.5) is 4.79 Å². The summed E-state index contributed by atoms with van der Waals surface area (Å²) in [4.78, 5) is 23.4. The van der Waals surface area contributed by atoms with Gasteiger partial charge in [0.25, 0.3) is 0 Å². The van der Waals surface area contributed by atoms with Crippen molar-refractivity contribution in [3.8, 4) is 5.75 Å². The molecule has 0 radical (unpaired) electrons. The first kappa shape index (κ1) is 16.0. The Bertz CT molecular complexity index is 505. The third-order valence-corrected chi connectivity index (χ3v) is 2.35. The Morgan fingerprint density at radius 1 is 1.30 bits per heavy atom. The fourth-order valence-electron chi connectivity index (χ4n) is 1.54. The molecular weight excluding hydrogens is 262 g/mol. The summed E-state index contributed by atoms with van der Waals surface area (Å²) >= 11 is 0. The van der Waals surface area contributed by atoms with Crippen LogP contribution in [0.25, 0.3) is 0 Å². The minimum atomic E-state index is -0.685. The number of hydrogen-bond donors (Lipinski definition) is 3. The van der Waals surface area contributed by atoms with E-state index in [0.29, 0.717) is 5.56 Å². The second-order valence-corrected chi connectivity index (χ2v) is 5.28. The Morgan fingerprint density at radius 2 is 1.95 bits per heavy atom. The largest absolute Gasteiger partial charge is 0.508 e. The van der Waals surface area contributed by atoms with Crippen LogP contribution in [0.15, 0.2) is 18.2 Å². The molecule has 0 saturated carbocycles. The molecule has 1 aromatic rings. The summed E-state index contributed by atoms with van der Waals surface area (Å²) in [6.07, 6.45) is -0.685. The summed E-state index contributed by atoms with van der Waals surface area (Å²) in [6.45, 7) is 4.54. The molecule has 0 heterocycles. The Kier molecular flexibility index (Phi) is 5.10. The van der Waals surface area contributed by atoms with Crippen molar-refractivity contribution in [2.75, 3.05) is 6.54 Å². The van der Waals surface area contributed by atoms with Crippen LogP contribution in [-0.2, 0) is 11.3 Å². The number of ketones is 1. The highest BCUT2D eigenvalue weighted by Crippen LogP contribution is 2.17. The molecule has 6 heteroatoms. The molecule has 0 unspecified atom stereocenters. The van der Waals surface area contributed by atoms with Crippen molar-refractivity contribution in [1.29, 1.82) is 0 Å². The second kappa shape index (κ2) is 6.38. The molecule has 1 rings (SSSR count). The monoisotopic (exact) mass is 281 g/mol. The van der Waals surface area contributed by atoms with Crippen LogP contribution < -0.4 is 5.32 Å². The second-order valence-electron chi connectivity index (χ2n) is 5.28. The lowest BCUT2D eigenvalue weighted by atomic mass is 10.0. The Labute approximate surface area is 117 Å². The average molecular weight is 281 g/mol. The zero-order valence-electron chi connectivity index (χ0n) is 11.8. The van der Waals surface area contributed by atoms with Crippen LogP contribution in [-0.4, -0.2) is 34.2 Å². The van der Waals surface area contributed by atoms with Gasteiger partial charge in [0.1, 0.15) is 11.4 Å². The number of phenols is 1. The highest BCUT2D eigenvalue weighted by atomic mass is 16.6. The minimum absolute atomic E-state index is 0.0364. The zero-order valence-corrected chi connectivity index (χ0v) is 11.8. The van der Waals surface area contributed by atoms with E-state index in [9.17, 15) is 14.7 Å². The van der Waals surface area contributed by atoms with Crippen molar-refractivity contribution < 1.29 is 24.5 Å². The molecule has 110 valence electrons. The summed E-state index contributed by atoms with van der Waals surface area (Å²) < 4.78 is 5.01. The van der Waals surface area contributed by atoms with Crippen LogP contribution >= 0.6 is 0 Å². The third-order valence-electron chi connectivity index (χ3n) is 2.35. The van der Waals surface area contributed by atoms with E-state index in [1.165, 1.54) is 18.2 Å². The van der Waals surface area contributed by atoms with E-state index in [1.54, 1.807) is 20.8 Å². The highest BCUT2D eigenvalue weighted by molar-refractivity contribution is 6.00. The van der Waals surface area contributed by atoms with Gasteiger partial charge < -0.3 is 20.3 Å². The molecule has 6 nitrogen and oxygen atoms in total. The van der Waals surface area contributed by atoms with Crippen LogP contribution in [0.5, 0.6) is 5.75 Å². The number of aliphatic hydroxyl groups is 1. The predicted molar refractivity (Wildman–Crippen MR) is 72.6 cm³/mol. The number of carbonyl (C=O) groups is 2. The SMILES string of the molecule is CC(C)(C)OC(=O)NCC(=O)c1ccc(O)cc1CO. The topological polar surface area (TPSA) is 95.9 Å². The van der Waals surface area contributed by atoms with Gasteiger partial charge in [0, 0.05) is 5.56 Å². The number of rotatable bonds is 4. The number of phenolic OH excluding ortho intramolecular Hbond substituents is 1. The number of alkyl carbamates (subject to hydrolysis) is 1. The van der Waals surface area contributed by atoms with Crippen molar-refractivity contribution in [2.45, 2.75) is 33.0 Å². The summed E-state index contributed by atoms with van der Waals surface area (Å²) in [5, 5.41) is 20.8. The molecule has 0 spiro atoms. The number of aromatic hydroxyl groups is 1. The van der Waals surface area contributed by atoms with E-state index in [1.807, 2.05) is 0 Å². The maximum Gasteiger partial charge on any atom is 0.408 e. The maximum absolute atomic E-state index is 11.9. The Hall–Kier alpha value is -2.08. The molecule has 1 aromatic carbocycles. The molecule has 3 N–H and O–H groups in total. The standard InChI is InChI=1S/C14H19NO5/c1-14(2,3)20-13(19)15-7-12(18)11-5-4-10(17)6-9(11)8-16/h4-6,16-17H,7-8H2,1-3H3,(H,15,19). The molecule has 0 fully saturated rings. The van der Waals surface area contributed by atoms with Gasteiger partial charge in [0.15, 0.2) is 5.78 Å². The van der Waals surface area contributed by atoms with Crippen molar-refractivity contribution in [3.05, 3.63) is 29.3 Å². The van der Waals surface area contributed by atoms with Gasteiger partial charge >= 0.3 is 6.09 Å². The normalized spacial score (nSPS) is 11.0. The van der Waals surface area contributed by atoms with Crippen molar-refractivity contribution in [2.24, 2.45) is 0 Å². The first-order valence-corrected chi connectivity index (χ1v) is 6.16. The summed E-state index contributed by atoms with van der Waals surface area (Å²) in [7, 11) is 0. The molecular formula is C14H19NO5. The molecule has 0 bridgehead atoms. The fourth-order valence-corrected chi connectivity index (χ4v) is 1.54. The molecule has 1 amide bonds. The maximum atomic E-state index is 11.9. The van der Waals surface area contributed by atoms with Crippen LogP contribution in [0.3, 0.4) is 0 Å². The van der Waals surface area contributed by atoms with Gasteiger partial charge in [-0.25, -0.2) is 4.79 Å². The Morgan fingerprint density at radius 3 is 2.50 bits per heavy atom. The number of amides is 1. The van der Waals surface area contributed by atoms with Crippen molar-refractivity contribution in [1.82, 2.24) is 5.32 Å². The third kappa shape index (κ3) is 4.89. The molecule has 0 atom stereocenters. The lowest BCUT2D eigenvalue weighted by Crippen LogP contribution is -2.35. The van der Waals surface area contributed by atoms with Gasteiger partial charge in [-0.15, -0.1) is 0 Å². The fraction of sp³-hybridized carbons (Fsp3) is 0.429. The lowest BCUT2D eigenvalue weighted by Gasteiger charge is -2.19. The summed E-state index contributed by atoms with van der Waals surface area (Å²) in [5.41, 5.74) is -0.0792. The van der Waals surface area contributed by atoms with Gasteiger partial charge in [-0.3, -0.25) is 4.79 Å². The van der Waals surface area contributed by atoms with Crippen LogP contribution in [0.1, 0.15) is 36.7 Å². The summed E-state index contributed by atoms with van der Waals surface area (Å²) in [5.74, 6) is -0.411.